The zero-order valence-electron chi connectivity index (χ0n) is 12.0. The van der Waals surface area contributed by atoms with Crippen LogP contribution in [-0.4, -0.2) is 23.0 Å². The molecule has 1 aromatic rings. The molecule has 1 aliphatic rings. The summed E-state index contributed by atoms with van der Waals surface area (Å²) in [6, 6.07) is 1.98. The lowest BCUT2D eigenvalue weighted by Gasteiger charge is -2.24. The van der Waals surface area contributed by atoms with Gasteiger partial charge in [0.25, 0.3) is 0 Å². The predicted molar refractivity (Wildman–Crippen MR) is 72.9 cm³/mol. The van der Waals surface area contributed by atoms with Crippen LogP contribution in [0.25, 0.3) is 0 Å². The van der Waals surface area contributed by atoms with E-state index in [4.69, 9.17) is 4.74 Å². The second-order valence-corrected chi connectivity index (χ2v) is 5.76. The van der Waals surface area contributed by atoms with Gasteiger partial charge in [0.2, 0.25) is 0 Å². The van der Waals surface area contributed by atoms with Crippen molar-refractivity contribution < 1.29 is 9.53 Å². The summed E-state index contributed by atoms with van der Waals surface area (Å²) in [4.78, 5) is 20.7. The summed E-state index contributed by atoms with van der Waals surface area (Å²) in [5.74, 6) is 0.777. The molecule has 0 amide bonds. The number of methoxy groups -OCH3 is 1. The van der Waals surface area contributed by atoms with Crippen LogP contribution in [-0.2, 0) is 14.9 Å². The van der Waals surface area contributed by atoms with Gasteiger partial charge < -0.3 is 4.74 Å². The Bertz CT molecular complexity index is 451. The maximum atomic E-state index is 11.8. The molecule has 1 fully saturated rings. The van der Waals surface area contributed by atoms with Crippen LogP contribution >= 0.6 is 0 Å². The lowest BCUT2D eigenvalue weighted by atomic mass is 9.86. The maximum absolute atomic E-state index is 11.8. The van der Waals surface area contributed by atoms with E-state index in [0.29, 0.717) is 11.7 Å². The fourth-order valence-corrected chi connectivity index (χ4v) is 2.65. The highest BCUT2D eigenvalue weighted by atomic mass is 16.5. The number of hydrogen-bond acceptors (Lipinski definition) is 4. The zero-order chi connectivity index (χ0) is 13.9. The average molecular weight is 262 g/mol. The van der Waals surface area contributed by atoms with Gasteiger partial charge in [-0.2, -0.15) is 0 Å². The lowest BCUT2D eigenvalue weighted by Crippen LogP contribution is -2.32. The number of aromatic nitrogens is 2. The summed E-state index contributed by atoms with van der Waals surface area (Å²) in [7, 11) is 1.40. The van der Waals surface area contributed by atoms with Crippen LogP contribution < -0.4 is 0 Å². The third kappa shape index (κ3) is 2.94. The number of carbonyl (C=O) groups excluding carboxylic acids is 1. The van der Waals surface area contributed by atoms with E-state index in [2.05, 4.69) is 9.97 Å². The molecule has 0 atom stereocenters. The van der Waals surface area contributed by atoms with E-state index >= 15 is 0 Å². The maximum Gasteiger partial charge on any atom is 0.318 e. The third-order valence-electron chi connectivity index (χ3n) is 3.96. The lowest BCUT2D eigenvalue weighted by molar-refractivity contribution is -0.146. The molecular formula is C15H22N2O2. The number of carbonyl (C=O) groups is 1. The van der Waals surface area contributed by atoms with E-state index in [0.717, 1.165) is 5.69 Å². The number of esters is 1. The summed E-state index contributed by atoms with van der Waals surface area (Å²) in [5, 5.41) is 0. The van der Waals surface area contributed by atoms with Gasteiger partial charge in [-0.25, -0.2) is 9.97 Å². The molecule has 1 aliphatic carbocycles. The summed E-state index contributed by atoms with van der Waals surface area (Å²) in [6.45, 7) is 3.61. The molecular weight excluding hydrogens is 240 g/mol. The van der Waals surface area contributed by atoms with Crippen molar-refractivity contribution in [1.82, 2.24) is 9.97 Å². The Morgan fingerprint density at radius 1 is 1.32 bits per heavy atom. The quantitative estimate of drug-likeness (QED) is 0.786. The molecule has 2 rings (SSSR count). The minimum atomic E-state index is -0.792. The van der Waals surface area contributed by atoms with Crippen LogP contribution in [0.5, 0.6) is 0 Å². The van der Waals surface area contributed by atoms with Gasteiger partial charge >= 0.3 is 5.97 Å². The van der Waals surface area contributed by atoms with E-state index in [1.54, 1.807) is 20.0 Å². The molecule has 4 nitrogen and oxygen atoms in total. The largest absolute Gasteiger partial charge is 0.468 e. The van der Waals surface area contributed by atoms with E-state index in [-0.39, 0.29) is 5.97 Å². The highest BCUT2D eigenvalue weighted by Crippen LogP contribution is 2.32. The molecule has 1 heterocycles. The van der Waals surface area contributed by atoms with Crippen molar-refractivity contribution in [2.75, 3.05) is 7.11 Å². The molecule has 1 saturated carbocycles. The molecule has 0 spiro atoms. The van der Waals surface area contributed by atoms with Crippen molar-refractivity contribution in [2.24, 2.45) is 0 Å². The molecule has 0 radical (unpaired) electrons. The van der Waals surface area contributed by atoms with Crippen LogP contribution in [0, 0.1) is 0 Å². The Labute approximate surface area is 114 Å². The predicted octanol–water partition coefficient (Wildman–Crippen LogP) is 2.97. The fraction of sp³-hybridized carbons (Fsp3) is 0.667. The van der Waals surface area contributed by atoms with Crippen molar-refractivity contribution in [1.29, 1.82) is 0 Å². The smallest absolute Gasteiger partial charge is 0.318 e. The van der Waals surface area contributed by atoms with Gasteiger partial charge in [0, 0.05) is 17.8 Å². The van der Waals surface area contributed by atoms with Crippen molar-refractivity contribution in [3.8, 4) is 0 Å². The third-order valence-corrected chi connectivity index (χ3v) is 3.96. The van der Waals surface area contributed by atoms with Gasteiger partial charge in [0.05, 0.1) is 7.11 Å². The first-order valence-corrected chi connectivity index (χ1v) is 6.97. The summed E-state index contributed by atoms with van der Waals surface area (Å²) in [5.41, 5.74) is 0.279. The first-order valence-electron chi connectivity index (χ1n) is 6.97. The van der Waals surface area contributed by atoms with Gasteiger partial charge in [0.15, 0.2) is 0 Å². The standard InChI is InChI=1S/C15H22N2O2/c1-15(2,14(18)19-3)13-16-10-9-12(17-13)11-7-5-4-6-8-11/h9-11H,4-8H2,1-3H3. The first-order chi connectivity index (χ1) is 9.05. The van der Waals surface area contributed by atoms with Crippen molar-refractivity contribution in [2.45, 2.75) is 57.3 Å². The summed E-state index contributed by atoms with van der Waals surface area (Å²) < 4.78 is 4.84. The molecule has 0 aromatic carbocycles. The molecule has 4 heteroatoms. The minimum absolute atomic E-state index is 0.298. The fourth-order valence-electron chi connectivity index (χ4n) is 2.65. The Hall–Kier alpha value is -1.45. The first kappa shape index (κ1) is 14.0. The highest BCUT2D eigenvalue weighted by molar-refractivity contribution is 5.80. The Kier molecular flexibility index (Phi) is 4.17. The molecule has 0 N–H and O–H groups in total. The number of hydrogen-bond donors (Lipinski definition) is 0. The van der Waals surface area contributed by atoms with Crippen LogP contribution in [0.2, 0.25) is 0 Å². The molecule has 0 bridgehead atoms. The number of rotatable bonds is 3. The van der Waals surface area contributed by atoms with Crippen LogP contribution in [0.3, 0.4) is 0 Å². The molecule has 19 heavy (non-hydrogen) atoms. The monoisotopic (exact) mass is 262 g/mol. The Morgan fingerprint density at radius 3 is 2.63 bits per heavy atom. The van der Waals surface area contributed by atoms with Crippen LogP contribution in [0.1, 0.15) is 63.4 Å². The van der Waals surface area contributed by atoms with Crippen LogP contribution in [0.15, 0.2) is 12.3 Å². The number of nitrogens with zero attached hydrogens (tertiary/aromatic N) is 2. The summed E-state index contributed by atoms with van der Waals surface area (Å²) >= 11 is 0. The molecule has 0 saturated heterocycles. The van der Waals surface area contributed by atoms with Crippen molar-refractivity contribution >= 4 is 5.97 Å². The van der Waals surface area contributed by atoms with Gasteiger partial charge in [0.1, 0.15) is 11.2 Å². The summed E-state index contributed by atoms with van der Waals surface area (Å²) in [6.07, 6.45) is 8.00. The minimum Gasteiger partial charge on any atom is -0.468 e. The van der Waals surface area contributed by atoms with E-state index < -0.39 is 5.41 Å². The van der Waals surface area contributed by atoms with E-state index in [9.17, 15) is 4.79 Å². The topological polar surface area (TPSA) is 52.1 Å². The van der Waals surface area contributed by atoms with E-state index in [1.165, 1.54) is 39.2 Å². The van der Waals surface area contributed by atoms with Gasteiger partial charge in [-0.05, 0) is 32.8 Å². The SMILES string of the molecule is COC(=O)C(C)(C)c1nccc(C2CCCCC2)n1. The molecule has 104 valence electrons. The second kappa shape index (κ2) is 5.68. The zero-order valence-corrected chi connectivity index (χ0v) is 12.0. The highest BCUT2D eigenvalue weighted by Gasteiger charge is 2.34. The van der Waals surface area contributed by atoms with Gasteiger partial charge in [-0.15, -0.1) is 0 Å². The second-order valence-electron chi connectivity index (χ2n) is 5.76. The normalized spacial score (nSPS) is 17.2. The van der Waals surface area contributed by atoms with E-state index in [1.807, 2.05) is 6.07 Å². The Balaban J connectivity index is 2.25. The van der Waals surface area contributed by atoms with Gasteiger partial charge in [-0.1, -0.05) is 19.3 Å². The van der Waals surface area contributed by atoms with Crippen LogP contribution in [0.4, 0.5) is 0 Å². The van der Waals surface area contributed by atoms with Crippen molar-refractivity contribution in [3.63, 3.8) is 0 Å². The molecule has 1 aromatic heterocycles. The average Bonchev–Trinajstić information content (AvgIpc) is 2.47. The van der Waals surface area contributed by atoms with Crippen molar-refractivity contribution in [3.05, 3.63) is 23.8 Å². The molecule has 0 aliphatic heterocycles. The van der Waals surface area contributed by atoms with Gasteiger partial charge in [-0.3, -0.25) is 4.79 Å². The number of ether oxygens (including phenoxy) is 1. The Morgan fingerprint density at radius 2 is 2.00 bits per heavy atom. The molecule has 0 unspecified atom stereocenters.